The van der Waals surface area contributed by atoms with E-state index in [9.17, 15) is 0 Å². The Morgan fingerprint density at radius 1 is 1.53 bits per heavy atom. The first kappa shape index (κ1) is 13.9. The van der Waals surface area contributed by atoms with Gasteiger partial charge in [0.1, 0.15) is 11.9 Å². The monoisotopic (exact) mass is 249 g/mol. The Bertz CT molecular complexity index is 369. The van der Waals surface area contributed by atoms with Gasteiger partial charge in [-0.1, -0.05) is 6.92 Å². The van der Waals surface area contributed by atoms with Crippen molar-refractivity contribution in [3.05, 3.63) is 23.9 Å². The van der Waals surface area contributed by atoms with Crippen LogP contribution in [0, 0.1) is 11.3 Å². The van der Waals surface area contributed by atoms with Crippen molar-refractivity contribution in [2.24, 2.45) is 0 Å². The predicted molar refractivity (Wildman–Crippen MR) is 74.4 cm³/mol. The molecule has 0 spiro atoms. The molecule has 17 heavy (non-hydrogen) atoms. The van der Waals surface area contributed by atoms with Crippen molar-refractivity contribution in [2.75, 3.05) is 23.5 Å². The van der Waals surface area contributed by atoms with Gasteiger partial charge in [-0.2, -0.15) is 17.0 Å². The average molecular weight is 249 g/mol. The summed E-state index contributed by atoms with van der Waals surface area (Å²) in [7, 11) is 2.05. The van der Waals surface area contributed by atoms with Gasteiger partial charge in [0, 0.05) is 19.3 Å². The van der Waals surface area contributed by atoms with E-state index in [1.807, 2.05) is 23.9 Å². The van der Waals surface area contributed by atoms with Gasteiger partial charge in [-0.05, 0) is 37.0 Å². The Labute approximate surface area is 108 Å². The van der Waals surface area contributed by atoms with Gasteiger partial charge in [0.15, 0.2) is 0 Å². The summed E-state index contributed by atoms with van der Waals surface area (Å²) in [4.78, 5) is 6.46. The molecule has 0 bridgehead atoms. The van der Waals surface area contributed by atoms with Crippen LogP contribution in [0.5, 0.6) is 0 Å². The number of nitriles is 1. The zero-order chi connectivity index (χ0) is 12.7. The molecule has 0 amide bonds. The highest BCUT2D eigenvalue weighted by molar-refractivity contribution is 7.99. The third-order valence-corrected chi connectivity index (χ3v) is 3.72. The summed E-state index contributed by atoms with van der Waals surface area (Å²) in [6.07, 6.45) is 2.77. The molecule has 0 aromatic carbocycles. The Morgan fingerprint density at radius 2 is 2.29 bits per heavy atom. The minimum atomic E-state index is 0.467. The topological polar surface area (TPSA) is 39.9 Å². The Morgan fingerprint density at radius 3 is 2.82 bits per heavy atom. The molecule has 92 valence electrons. The highest BCUT2D eigenvalue weighted by atomic mass is 32.2. The number of anilines is 1. The molecule has 0 aliphatic heterocycles. The molecule has 4 heteroatoms. The number of rotatable bonds is 6. The van der Waals surface area contributed by atoms with Crippen LogP contribution in [0.1, 0.15) is 25.8 Å². The first-order valence-corrected chi connectivity index (χ1v) is 7.01. The number of thioether (sulfide) groups is 1. The summed E-state index contributed by atoms with van der Waals surface area (Å²) in [5.41, 5.74) is 0.608. The molecule has 0 aliphatic carbocycles. The number of aromatic nitrogens is 1. The van der Waals surface area contributed by atoms with Crippen LogP contribution in [0.15, 0.2) is 18.3 Å². The lowest BCUT2D eigenvalue weighted by Gasteiger charge is -2.25. The molecule has 1 atom stereocenters. The third-order valence-electron chi connectivity index (χ3n) is 2.78. The smallest absolute Gasteiger partial charge is 0.128 e. The summed E-state index contributed by atoms with van der Waals surface area (Å²) in [5.74, 6) is 3.28. The molecular formula is C13H19N3S. The van der Waals surface area contributed by atoms with E-state index < -0.39 is 0 Å². The summed E-state index contributed by atoms with van der Waals surface area (Å²) in [6, 6.07) is 6.26. The van der Waals surface area contributed by atoms with Gasteiger partial charge in [0.25, 0.3) is 0 Å². The molecule has 0 radical (unpaired) electrons. The van der Waals surface area contributed by atoms with Gasteiger partial charge in [-0.25, -0.2) is 4.98 Å². The predicted octanol–water partition coefficient (Wildman–Crippen LogP) is 2.92. The van der Waals surface area contributed by atoms with Crippen LogP contribution >= 0.6 is 11.8 Å². The fourth-order valence-corrected chi connectivity index (χ4v) is 2.27. The summed E-state index contributed by atoms with van der Waals surface area (Å²) in [6.45, 7) is 4.39. The highest BCUT2D eigenvalue weighted by Gasteiger charge is 2.10. The summed E-state index contributed by atoms with van der Waals surface area (Å²) >= 11 is 1.96. The first-order valence-electron chi connectivity index (χ1n) is 5.85. The van der Waals surface area contributed by atoms with E-state index >= 15 is 0 Å². The van der Waals surface area contributed by atoms with Gasteiger partial charge < -0.3 is 4.90 Å². The van der Waals surface area contributed by atoms with Crippen molar-refractivity contribution >= 4 is 17.6 Å². The second-order valence-electron chi connectivity index (χ2n) is 3.96. The maximum absolute atomic E-state index is 8.71. The molecule has 1 rings (SSSR count). The van der Waals surface area contributed by atoms with Crippen molar-refractivity contribution in [2.45, 2.75) is 26.3 Å². The number of pyridine rings is 1. The zero-order valence-corrected chi connectivity index (χ0v) is 11.5. The fraction of sp³-hybridized carbons (Fsp3) is 0.538. The van der Waals surface area contributed by atoms with E-state index in [4.69, 9.17) is 5.26 Å². The molecule has 1 aromatic rings. The molecule has 1 aromatic heterocycles. The quantitative estimate of drug-likeness (QED) is 0.727. The van der Waals surface area contributed by atoms with E-state index in [-0.39, 0.29) is 0 Å². The summed E-state index contributed by atoms with van der Waals surface area (Å²) in [5, 5.41) is 8.71. The van der Waals surface area contributed by atoms with E-state index in [0.717, 1.165) is 12.2 Å². The van der Waals surface area contributed by atoms with Crippen molar-refractivity contribution < 1.29 is 0 Å². The van der Waals surface area contributed by atoms with Crippen LogP contribution in [-0.4, -0.2) is 29.6 Å². The second-order valence-corrected chi connectivity index (χ2v) is 5.36. The minimum absolute atomic E-state index is 0.467. The van der Waals surface area contributed by atoms with Crippen LogP contribution in [-0.2, 0) is 0 Å². The SMILES string of the molecule is CCSCC[C@@H](C)N(C)c1ccc(C#N)cn1. The summed E-state index contributed by atoms with van der Waals surface area (Å²) < 4.78 is 0. The normalized spacial score (nSPS) is 11.9. The van der Waals surface area contributed by atoms with Gasteiger partial charge >= 0.3 is 0 Å². The van der Waals surface area contributed by atoms with Crippen molar-refractivity contribution in [1.82, 2.24) is 4.98 Å². The lowest BCUT2D eigenvalue weighted by Crippen LogP contribution is -2.30. The van der Waals surface area contributed by atoms with Crippen LogP contribution in [0.4, 0.5) is 5.82 Å². The van der Waals surface area contributed by atoms with Crippen molar-refractivity contribution in [3.8, 4) is 6.07 Å². The molecule has 0 saturated carbocycles. The van der Waals surface area contributed by atoms with Crippen LogP contribution in [0.2, 0.25) is 0 Å². The maximum Gasteiger partial charge on any atom is 0.128 e. The molecule has 3 nitrogen and oxygen atoms in total. The lowest BCUT2D eigenvalue weighted by atomic mass is 10.2. The number of nitrogens with zero attached hydrogens (tertiary/aromatic N) is 3. The van der Waals surface area contributed by atoms with Crippen molar-refractivity contribution in [1.29, 1.82) is 5.26 Å². The molecule has 0 unspecified atom stereocenters. The zero-order valence-electron chi connectivity index (χ0n) is 10.7. The highest BCUT2D eigenvalue weighted by Crippen LogP contribution is 2.15. The Balaban J connectivity index is 2.55. The molecule has 0 N–H and O–H groups in total. The number of hydrogen-bond donors (Lipinski definition) is 0. The van der Waals surface area contributed by atoms with Crippen LogP contribution in [0.3, 0.4) is 0 Å². The van der Waals surface area contributed by atoms with Gasteiger partial charge in [-0.3, -0.25) is 0 Å². The van der Waals surface area contributed by atoms with Crippen LogP contribution < -0.4 is 4.90 Å². The van der Waals surface area contributed by atoms with Gasteiger partial charge in [0.2, 0.25) is 0 Å². The van der Waals surface area contributed by atoms with E-state index in [1.54, 1.807) is 6.20 Å². The molecule has 0 fully saturated rings. The second kappa shape index (κ2) is 7.18. The van der Waals surface area contributed by atoms with E-state index in [0.29, 0.717) is 11.6 Å². The molecular weight excluding hydrogens is 230 g/mol. The van der Waals surface area contributed by atoms with Gasteiger partial charge in [-0.15, -0.1) is 0 Å². The standard InChI is InChI=1S/C13H19N3S/c1-4-17-8-7-11(2)16(3)13-6-5-12(9-14)10-15-13/h5-6,10-11H,4,7-8H2,1-3H3/t11-/m1/s1. The molecule has 0 saturated heterocycles. The van der Waals surface area contributed by atoms with Gasteiger partial charge in [0.05, 0.1) is 5.56 Å². The van der Waals surface area contributed by atoms with Crippen LogP contribution in [0.25, 0.3) is 0 Å². The largest absolute Gasteiger partial charge is 0.357 e. The van der Waals surface area contributed by atoms with E-state index in [1.165, 1.54) is 11.5 Å². The number of hydrogen-bond acceptors (Lipinski definition) is 4. The Kier molecular flexibility index (Phi) is 5.85. The average Bonchev–Trinajstić information content (AvgIpc) is 2.38. The fourth-order valence-electron chi connectivity index (χ4n) is 1.48. The first-order chi connectivity index (χ1) is 8.19. The lowest BCUT2D eigenvalue weighted by molar-refractivity contribution is 0.662. The molecule has 1 heterocycles. The van der Waals surface area contributed by atoms with Crippen molar-refractivity contribution in [3.63, 3.8) is 0 Å². The minimum Gasteiger partial charge on any atom is -0.357 e. The maximum atomic E-state index is 8.71. The Hall–Kier alpha value is -1.21. The third kappa shape index (κ3) is 4.27. The van der Waals surface area contributed by atoms with E-state index in [2.05, 4.69) is 36.8 Å². The molecule has 0 aliphatic rings.